The van der Waals surface area contributed by atoms with E-state index in [-0.39, 0.29) is 0 Å². The summed E-state index contributed by atoms with van der Waals surface area (Å²) in [6.45, 7) is 10.3. The van der Waals surface area contributed by atoms with Gasteiger partial charge in [-0.15, -0.1) is 0 Å². The lowest BCUT2D eigenvalue weighted by Gasteiger charge is -2.46. The summed E-state index contributed by atoms with van der Waals surface area (Å²) in [6, 6.07) is 1.67. The fraction of sp³-hybridized carbons (Fsp3) is 1.00. The average molecular weight is 250 g/mol. The van der Waals surface area contributed by atoms with Crippen molar-refractivity contribution in [1.82, 2.24) is 9.80 Å². The second kappa shape index (κ2) is 5.13. The lowest BCUT2D eigenvalue weighted by molar-refractivity contribution is 0.0253. The van der Waals surface area contributed by atoms with Crippen LogP contribution in [0.1, 0.15) is 58.8 Å². The summed E-state index contributed by atoms with van der Waals surface area (Å²) in [6.07, 6.45) is 10.2. The Morgan fingerprint density at radius 1 is 1.11 bits per heavy atom. The van der Waals surface area contributed by atoms with E-state index in [4.69, 9.17) is 0 Å². The Hall–Kier alpha value is -0.0800. The Balaban J connectivity index is 1.64. The van der Waals surface area contributed by atoms with Gasteiger partial charge in [-0.2, -0.15) is 0 Å². The number of hydrogen-bond acceptors (Lipinski definition) is 2. The second-order valence-electron chi connectivity index (χ2n) is 7.13. The summed E-state index contributed by atoms with van der Waals surface area (Å²) in [4.78, 5) is 5.58. The van der Waals surface area contributed by atoms with Crippen LogP contribution in [-0.4, -0.2) is 48.1 Å². The Kier molecular flexibility index (Phi) is 3.68. The topological polar surface area (TPSA) is 6.48 Å². The molecule has 2 unspecified atom stereocenters. The van der Waals surface area contributed by atoms with E-state index in [2.05, 4.69) is 23.6 Å². The minimum atomic E-state index is 0.676. The van der Waals surface area contributed by atoms with Crippen LogP contribution in [0.3, 0.4) is 0 Å². The van der Waals surface area contributed by atoms with Crippen molar-refractivity contribution in [2.75, 3.05) is 26.2 Å². The number of fused-ring (bicyclic) bond motifs is 1. The molecule has 0 aromatic rings. The van der Waals surface area contributed by atoms with Crippen LogP contribution in [0.4, 0.5) is 0 Å². The molecule has 3 fully saturated rings. The molecule has 2 heterocycles. The van der Waals surface area contributed by atoms with Crippen LogP contribution in [0.2, 0.25) is 0 Å². The average Bonchev–Trinajstić information content (AvgIpc) is 2.99. The molecular weight excluding hydrogens is 220 g/mol. The first-order chi connectivity index (χ1) is 8.72. The molecule has 0 N–H and O–H groups in total. The Bertz CT molecular complexity index is 283. The summed E-state index contributed by atoms with van der Waals surface area (Å²) >= 11 is 0. The van der Waals surface area contributed by atoms with Gasteiger partial charge in [-0.1, -0.05) is 19.8 Å². The molecule has 0 spiro atoms. The van der Waals surface area contributed by atoms with E-state index >= 15 is 0 Å². The molecule has 2 saturated heterocycles. The minimum absolute atomic E-state index is 0.676. The summed E-state index contributed by atoms with van der Waals surface area (Å²) in [5, 5.41) is 0. The molecule has 0 aromatic carbocycles. The fourth-order valence-electron chi connectivity index (χ4n) is 4.65. The Labute approximate surface area is 113 Å². The predicted molar refractivity (Wildman–Crippen MR) is 76.8 cm³/mol. The van der Waals surface area contributed by atoms with Gasteiger partial charge >= 0.3 is 0 Å². The van der Waals surface area contributed by atoms with Crippen LogP contribution in [0.15, 0.2) is 0 Å². The molecule has 0 radical (unpaired) electrons. The molecule has 3 rings (SSSR count). The zero-order valence-corrected chi connectivity index (χ0v) is 12.3. The highest BCUT2D eigenvalue weighted by molar-refractivity contribution is 4.94. The predicted octanol–water partition coefficient (Wildman–Crippen LogP) is 3.13. The third-order valence-corrected chi connectivity index (χ3v) is 6.02. The van der Waals surface area contributed by atoms with Crippen LogP contribution in [0, 0.1) is 5.41 Å². The first-order valence-electron chi connectivity index (χ1n) is 8.20. The maximum atomic E-state index is 2.83. The normalized spacial score (nSPS) is 37.0. The van der Waals surface area contributed by atoms with Crippen LogP contribution in [0.25, 0.3) is 0 Å². The van der Waals surface area contributed by atoms with Crippen LogP contribution < -0.4 is 0 Å². The molecule has 3 aliphatic rings. The summed E-state index contributed by atoms with van der Waals surface area (Å²) in [7, 11) is 0. The molecule has 2 nitrogen and oxygen atoms in total. The smallest absolute Gasteiger partial charge is 0.0224 e. The van der Waals surface area contributed by atoms with E-state index in [9.17, 15) is 0 Å². The Morgan fingerprint density at radius 2 is 1.89 bits per heavy atom. The van der Waals surface area contributed by atoms with E-state index in [0.717, 1.165) is 12.1 Å². The minimum Gasteiger partial charge on any atom is -0.298 e. The van der Waals surface area contributed by atoms with Gasteiger partial charge in [0.2, 0.25) is 0 Å². The second-order valence-corrected chi connectivity index (χ2v) is 7.13. The first-order valence-corrected chi connectivity index (χ1v) is 8.20. The highest BCUT2D eigenvalue weighted by atomic mass is 15.3. The number of nitrogens with zero attached hydrogens (tertiary/aromatic N) is 2. The molecule has 2 heteroatoms. The van der Waals surface area contributed by atoms with Gasteiger partial charge in [-0.3, -0.25) is 9.80 Å². The van der Waals surface area contributed by atoms with Gasteiger partial charge in [0.25, 0.3) is 0 Å². The van der Waals surface area contributed by atoms with E-state index in [1.165, 1.54) is 71.1 Å². The summed E-state index contributed by atoms with van der Waals surface area (Å²) in [5.74, 6) is 0. The Morgan fingerprint density at radius 3 is 2.61 bits per heavy atom. The zero-order chi connectivity index (χ0) is 12.6. The lowest BCUT2D eigenvalue weighted by Crippen LogP contribution is -2.56. The van der Waals surface area contributed by atoms with Crippen molar-refractivity contribution in [3.8, 4) is 0 Å². The zero-order valence-electron chi connectivity index (χ0n) is 12.3. The largest absolute Gasteiger partial charge is 0.298 e. The van der Waals surface area contributed by atoms with Crippen LogP contribution in [-0.2, 0) is 0 Å². The number of piperazine rings is 1. The van der Waals surface area contributed by atoms with Gasteiger partial charge in [0.05, 0.1) is 0 Å². The third-order valence-electron chi connectivity index (χ3n) is 6.02. The van der Waals surface area contributed by atoms with Crippen LogP contribution >= 0.6 is 0 Å². The van der Waals surface area contributed by atoms with Crippen molar-refractivity contribution >= 4 is 0 Å². The molecule has 0 aromatic heterocycles. The maximum absolute atomic E-state index is 2.83. The van der Waals surface area contributed by atoms with Crippen molar-refractivity contribution in [3.63, 3.8) is 0 Å². The third kappa shape index (κ3) is 2.34. The van der Waals surface area contributed by atoms with Gasteiger partial charge in [0, 0.05) is 31.7 Å². The molecule has 1 saturated carbocycles. The number of rotatable bonds is 3. The van der Waals surface area contributed by atoms with E-state index in [1.807, 2.05) is 0 Å². The standard InChI is InChI=1S/C16H30N2/c1-3-16(8-4-5-9-16)13-18-12-15-7-6-10-17(15)11-14(18)2/h14-15H,3-13H2,1-2H3. The highest BCUT2D eigenvalue weighted by Gasteiger charge is 2.39. The molecule has 2 aliphatic heterocycles. The highest BCUT2D eigenvalue weighted by Crippen LogP contribution is 2.42. The van der Waals surface area contributed by atoms with E-state index in [0.29, 0.717) is 5.41 Å². The lowest BCUT2D eigenvalue weighted by atomic mass is 9.82. The van der Waals surface area contributed by atoms with Crippen molar-refractivity contribution in [2.24, 2.45) is 5.41 Å². The van der Waals surface area contributed by atoms with Crippen molar-refractivity contribution < 1.29 is 0 Å². The van der Waals surface area contributed by atoms with Gasteiger partial charge < -0.3 is 0 Å². The van der Waals surface area contributed by atoms with E-state index in [1.54, 1.807) is 0 Å². The van der Waals surface area contributed by atoms with Gasteiger partial charge in [-0.05, 0) is 51.0 Å². The quantitative estimate of drug-likeness (QED) is 0.759. The summed E-state index contributed by atoms with van der Waals surface area (Å²) < 4.78 is 0. The molecule has 1 aliphatic carbocycles. The summed E-state index contributed by atoms with van der Waals surface area (Å²) in [5.41, 5.74) is 0.676. The SMILES string of the molecule is CCC1(CN2CC3CCCN3CC2C)CCCC1. The maximum Gasteiger partial charge on any atom is 0.0224 e. The van der Waals surface area contributed by atoms with Gasteiger partial charge in [-0.25, -0.2) is 0 Å². The molecule has 2 atom stereocenters. The van der Waals surface area contributed by atoms with Crippen LogP contribution in [0.5, 0.6) is 0 Å². The van der Waals surface area contributed by atoms with Crippen molar-refractivity contribution in [2.45, 2.75) is 70.9 Å². The van der Waals surface area contributed by atoms with Crippen molar-refractivity contribution in [3.05, 3.63) is 0 Å². The molecule has 104 valence electrons. The van der Waals surface area contributed by atoms with Gasteiger partial charge in [0.15, 0.2) is 0 Å². The molecule has 0 bridgehead atoms. The van der Waals surface area contributed by atoms with Gasteiger partial charge in [0.1, 0.15) is 0 Å². The number of hydrogen-bond donors (Lipinski definition) is 0. The van der Waals surface area contributed by atoms with E-state index < -0.39 is 0 Å². The first kappa shape index (κ1) is 12.9. The molecule has 18 heavy (non-hydrogen) atoms. The van der Waals surface area contributed by atoms with Crippen molar-refractivity contribution in [1.29, 1.82) is 0 Å². The molecular formula is C16H30N2. The molecule has 0 amide bonds. The monoisotopic (exact) mass is 250 g/mol. The fourth-order valence-corrected chi connectivity index (χ4v) is 4.65.